The van der Waals surface area contributed by atoms with Crippen molar-refractivity contribution in [3.8, 4) is 0 Å². The lowest BCUT2D eigenvalue weighted by Gasteiger charge is -2.21. The van der Waals surface area contributed by atoms with E-state index in [2.05, 4.69) is 52.0 Å². The Balaban J connectivity index is 2.61. The molecule has 0 aliphatic heterocycles. The smallest absolute Gasteiger partial charge is 0.311 e. The maximum Gasteiger partial charge on any atom is 0.311 e. The second-order valence-electron chi connectivity index (χ2n) is 8.27. The first kappa shape index (κ1) is 18.7. The highest BCUT2D eigenvalue weighted by molar-refractivity contribution is 5.75. The molecule has 0 aliphatic rings. The van der Waals surface area contributed by atoms with Crippen molar-refractivity contribution in [1.29, 1.82) is 0 Å². The topological polar surface area (TPSA) is 26.3 Å². The molecule has 0 N–H and O–H groups in total. The Morgan fingerprint density at radius 2 is 1.59 bits per heavy atom. The molecule has 124 valence electrons. The lowest BCUT2D eigenvalue weighted by atomic mass is 9.86. The van der Waals surface area contributed by atoms with Gasteiger partial charge >= 0.3 is 5.97 Å². The number of esters is 1. The summed E-state index contributed by atoms with van der Waals surface area (Å²) in [7, 11) is 0. The van der Waals surface area contributed by atoms with Gasteiger partial charge in [-0.1, -0.05) is 52.0 Å². The molecule has 0 aromatic heterocycles. The fourth-order valence-electron chi connectivity index (χ4n) is 2.21. The molecule has 2 heteroatoms. The van der Waals surface area contributed by atoms with Crippen molar-refractivity contribution in [2.45, 2.75) is 66.7 Å². The molecule has 2 nitrogen and oxygen atoms in total. The summed E-state index contributed by atoms with van der Waals surface area (Å²) in [5.41, 5.74) is 2.42. The molecule has 1 atom stereocenters. The first-order chi connectivity index (χ1) is 10.0. The van der Waals surface area contributed by atoms with Crippen molar-refractivity contribution in [1.82, 2.24) is 0 Å². The van der Waals surface area contributed by atoms with Crippen molar-refractivity contribution < 1.29 is 9.53 Å². The zero-order valence-electron chi connectivity index (χ0n) is 15.3. The highest BCUT2D eigenvalue weighted by Crippen LogP contribution is 2.23. The third-order valence-electron chi connectivity index (χ3n) is 3.98. The minimum Gasteiger partial charge on any atom is -0.465 e. The van der Waals surface area contributed by atoms with E-state index in [0.717, 1.165) is 12.8 Å². The fraction of sp³-hybridized carbons (Fsp3) is 0.650. The van der Waals surface area contributed by atoms with Gasteiger partial charge in [0.05, 0.1) is 12.0 Å². The van der Waals surface area contributed by atoms with Gasteiger partial charge in [0.2, 0.25) is 0 Å². The molecule has 0 aliphatic carbocycles. The maximum atomic E-state index is 11.9. The molecule has 1 unspecified atom stereocenters. The summed E-state index contributed by atoms with van der Waals surface area (Å²) in [6.45, 7) is 15.0. The van der Waals surface area contributed by atoms with Crippen molar-refractivity contribution >= 4 is 5.97 Å². The van der Waals surface area contributed by atoms with E-state index in [-0.39, 0.29) is 11.4 Å². The molecule has 0 amide bonds. The van der Waals surface area contributed by atoms with E-state index >= 15 is 0 Å². The van der Waals surface area contributed by atoms with Gasteiger partial charge in [0, 0.05) is 0 Å². The van der Waals surface area contributed by atoms with Gasteiger partial charge in [-0.15, -0.1) is 0 Å². The van der Waals surface area contributed by atoms with Gasteiger partial charge in [-0.05, 0) is 56.1 Å². The Hall–Kier alpha value is -1.31. The van der Waals surface area contributed by atoms with E-state index in [4.69, 9.17) is 4.74 Å². The fourth-order valence-corrected chi connectivity index (χ4v) is 2.21. The van der Waals surface area contributed by atoms with Crippen molar-refractivity contribution in [2.24, 2.45) is 11.3 Å². The van der Waals surface area contributed by atoms with Gasteiger partial charge in [0.25, 0.3) is 0 Å². The molecule has 0 bridgehead atoms. The van der Waals surface area contributed by atoms with Crippen molar-refractivity contribution in [3.63, 3.8) is 0 Å². The molecule has 0 radical (unpaired) electrons. The zero-order chi connectivity index (χ0) is 17.0. The van der Waals surface area contributed by atoms with Crippen LogP contribution in [-0.4, -0.2) is 12.6 Å². The van der Waals surface area contributed by atoms with Crippen LogP contribution >= 0.6 is 0 Å². The molecule has 0 heterocycles. The number of hydrogen-bond acceptors (Lipinski definition) is 2. The van der Waals surface area contributed by atoms with E-state index in [1.54, 1.807) is 0 Å². The van der Waals surface area contributed by atoms with Crippen LogP contribution < -0.4 is 0 Å². The molecule has 0 fully saturated rings. The minimum atomic E-state index is -0.424. The summed E-state index contributed by atoms with van der Waals surface area (Å²) in [6.07, 6.45) is 1.97. The largest absolute Gasteiger partial charge is 0.465 e. The number of carbonyl (C=O) groups is 1. The van der Waals surface area contributed by atoms with Crippen LogP contribution in [0.15, 0.2) is 24.3 Å². The van der Waals surface area contributed by atoms with Crippen LogP contribution in [0.25, 0.3) is 0 Å². The summed E-state index contributed by atoms with van der Waals surface area (Å²) in [5.74, 6) is 0.265. The molecule has 1 aromatic rings. The normalized spacial score (nSPS) is 13.8. The Labute approximate surface area is 136 Å². The van der Waals surface area contributed by atoms with Crippen LogP contribution in [0.3, 0.4) is 0 Å². The van der Waals surface area contributed by atoms with E-state index < -0.39 is 5.41 Å². The van der Waals surface area contributed by atoms with Crippen LogP contribution in [0.2, 0.25) is 0 Å². The molecule has 22 heavy (non-hydrogen) atoms. The SMILES string of the molecule is CCC(COC(=O)C(C)(C)C)Cc1ccc(C(C)(C)C)cc1. The standard InChI is InChI=1S/C20H32O2/c1-8-15(14-22-18(21)20(5,6)7)13-16-9-11-17(12-10-16)19(2,3)4/h9-12,15H,8,13-14H2,1-7H3. The molecular formula is C20H32O2. The van der Waals surface area contributed by atoms with Crippen molar-refractivity contribution in [2.75, 3.05) is 6.61 Å². The molecule has 0 saturated heterocycles. The lowest BCUT2D eigenvalue weighted by molar-refractivity contribution is -0.154. The van der Waals surface area contributed by atoms with Gasteiger partial charge in [-0.25, -0.2) is 0 Å². The highest BCUT2D eigenvalue weighted by Gasteiger charge is 2.24. The first-order valence-electron chi connectivity index (χ1n) is 8.30. The molecule has 1 rings (SSSR count). The minimum absolute atomic E-state index is 0.117. The summed E-state index contributed by atoms with van der Waals surface area (Å²) < 4.78 is 5.47. The quantitative estimate of drug-likeness (QED) is 0.704. The predicted molar refractivity (Wildman–Crippen MR) is 93.0 cm³/mol. The zero-order valence-corrected chi connectivity index (χ0v) is 15.3. The Kier molecular flexibility index (Phi) is 6.22. The first-order valence-corrected chi connectivity index (χ1v) is 8.30. The van der Waals surface area contributed by atoms with E-state index in [0.29, 0.717) is 12.5 Å². The Morgan fingerprint density at radius 1 is 1.05 bits per heavy atom. The summed E-state index contributed by atoms with van der Waals surface area (Å²) in [5, 5.41) is 0. The number of carbonyl (C=O) groups excluding carboxylic acids is 1. The average Bonchev–Trinajstić information content (AvgIpc) is 2.41. The van der Waals surface area contributed by atoms with Gasteiger partial charge in [0.15, 0.2) is 0 Å². The number of benzene rings is 1. The average molecular weight is 304 g/mol. The van der Waals surface area contributed by atoms with Crippen LogP contribution in [0.1, 0.15) is 66.0 Å². The second kappa shape index (κ2) is 7.30. The van der Waals surface area contributed by atoms with Crippen LogP contribution in [0.5, 0.6) is 0 Å². The molecule has 0 saturated carbocycles. The summed E-state index contributed by atoms with van der Waals surface area (Å²) in [6, 6.07) is 8.83. The van der Waals surface area contributed by atoms with Crippen LogP contribution in [0.4, 0.5) is 0 Å². The number of hydrogen-bond donors (Lipinski definition) is 0. The third-order valence-corrected chi connectivity index (χ3v) is 3.98. The summed E-state index contributed by atoms with van der Waals surface area (Å²) in [4.78, 5) is 11.9. The summed E-state index contributed by atoms with van der Waals surface area (Å²) >= 11 is 0. The predicted octanol–water partition coefficient (Wildman–Crippen LogP) is 5.14. The number of rotatable bonds is 5. The second-order valence-corrected chi connectivity index (χ2v) is 8.27. The molecular weight excluding hydrogens is 272 g/mol. The van der Waals surface area contributed by atoms with Crippen LogP contribution in [-0.2, 0) is 21.4 Å². The monoisotopic (exact) mass is 304 g/mol. The van der Waals surface area contributed by atoms with Gasteiger partial charge in [-0.2, -0.15) is 0 Å². The van der Waals surface area contributed by atoms with Gasteiger partial charge in [0.1, 0.15) is 0 Å². The van der Waals surface area contributed by atoms with E-state index in [1.807, 2.05) is 20.8 Å². The van der Waals surface area contributed by atoms with Crippen LogP contribution in [0, 0.1) is 11.3 Å². The highest BCUT2D eigenvalue weighted by atomic mass is 16.5. The molecule has 0 spiro atoms. The van der Waals surface area contributed by atoms with Crippen molar-refractivity contribution in [3.05, 3.63) is 35.4 Å². The Bertz CT molecular complexity index is 472. The van der Waals surface area contributed by atoms with Gasteiger partial charge in [-0.3, -0.25) is 4.79 Å². The van der Waals surface area contributed by atoms with Gasteiger partial charge < -0.3 is 4.74 Å². The Morgan fingerprint density at radius 3 is 2.00 bits per heavy atom. The van der Waals surface area contributed by atoms with E-state index in [1.165, 1.54) is 11.1 Å². The number of ether oxygens (including phenoxy) is 1. The third kappa shape index (κ3) is 5.82. The molecule has 1 aromatic carbocycles. The lowest BCUT2D eigenvalue weighted by Crippen LogP contribution is -2.26. The van der Waals surface area contributed by atoms with E-state index in [9.17, 15) is 4.79 Å². The maximum absolute atomic E-state index is 11.9.